The number of aryl methyl sites for hydroxylation is 1. The van der Waals surface area contributed by atoms with E-state index in [2.05, 4.69) is 10.1 Å². The predicted octanol–water partition coefficient (Wildman–Crippen LogP) is 1.27. The topological polar surface area (TPSA) is 86.7 Å². The largest absolute Gasteiger partial charge is 0.380 e. The van der Waals surface area contributed by atoms with Gasteiger partial charge in [0.15, 0.2) is 11.2 Å². The number of hydrazone groups is 1. The zero-order chi connectivity index (χ0) is 19.7. The molecule has 0 aliphatic carbocycles. The van der Waals surface area contributed by atoms with Crippen LogP contribution in [0, 0.1) is 0 Å². The maximum absolute atomic E-state index is 13.1. The summed E-state index contributed by atoms with van der Waals surface area (Å²) in [7, 11) is 1.64. The van der Waals surface area contributed by atoms with Crippen molar-refractivity contribution in [2.24, 2.45) is 12.1 Å². The van der Waals surface area contributed by atoms with Gasteiger partial charge in [0.2, 0.25) is 5.95 Å². The quantitative estimate of drug-likeness (QED) is 0.561. The van der Waals surface area contributed by atoms with Gasteiger partial charge in [-0.1, -0.05) is 12.2 Å². The number of allylic oxidation sites excluding steroid dienone is 2. The third-order valence-electron chi connectivity index (χ3n) is 4.83. The molecule has 3 heterocycles. The zero-order valence-electron chi connectivity index (χ0n) is 16.5. The molecule has 2 aromatic heterocycles. The van der Waals surface area contributed by atoms with Crippen LogP contribution in [0.2, 0.25) is 0 Å². The second-order valence-electron chi connectivity index (χ2n) is 6.52. The Bertz CT molecular complexity index is 1030. The number of ether oxygens (including phenoxy) is 1. The lowest BCUT2D eigenvalue weighted by molar-refractivity contribution is 0.153. The summed E-state index contributed by atoms with van der Waals surface area (Å²) in [5.41, 5.74) is 0.935. The van der Waals surface area contributed by atoms with Gasteiger partial charge >= 0.3 is 5.69 Å². The van der Waals surface area contributed by atoms with Crippen LogP contribution < -0.4 is 16.3 Å². The SMILES string of the molecule is C/C=C/Cn1c(=O)c2c(nc3n2C(C)C(C)=NN3CCOCC)n(C)c1=O. The van der Waals surface area contributed by atoms with Crippen molar-refractivity contribution in [3.8, 4) is 0 Å². The summed E-state index contributed by atoms with van der Waals surface area (Å²) in [6.07, 6.45) is 3.60. The number of hydrogen-bond donors (Lipinski definition) is 0. The molecule has 146 valence electrons. The highest BCUT2D eigenvalue weighted by atomic mass is 16.5. The van der Waals surface area contributed by atoms with E-state index >= 15 is 0 Å². The molecule has 0 saturated carbocycles. The molecule has 9 heteroatoms. The second-order valence-corrected chi connectivity index (χ2v) is 6.52. The predicted molar refractivity (Wildman–Crippen MR) is 106 cm³/mol. The van der Waals surface area contributed by atoms with E-state index < -0.39 is 0 Å². The summed E-state index contributed by atoms with van der Waals surface area (Å²) in [4.78, 5) is 30.4. The Morgan fingerprint density at radius 3 is 2.70 bits per heavy atom. The molecule has 27 heavy (non-hydrogen) atoms. The molecule has 1 aliphatic heterocycles. The van der Waals surface area contributed by atoms with Gasteiger partial charge in [0, 0.05) is 20.2 Å². The van der Waals surface area contributed by atoms with Crippen molar-refractivity contribution in [2.45, 2.75) is 40.3 Å². The van der Waals surface area contributed by atoms with Crippen LogP contribution in [0.4, 0.5) is 5.95 Å². The van der Waals surface area contributed by atoms with E-state index in [1.54, 1.807) is 18.1 Å². The zero-order valence-corrected chi connectivity index (χ0v) is 16.5. The minimum Gasteiger partial charge on any atom is -0.380 e. The molecule has 1 unspecified atom stereocenters. The molecular weight excluding hydrogens is 348 g/mol. The number of rotatable bonds is 6. The van der Waals surface area contributed by atoms with E-state index in [-0.39, 0.29) is 23.8 Å². The lowest BCUT2D eigenvalue weighted by Gasteiger charge is -2.29. The third kappa shape index (κ3) is 3.12. The smallest absolute Gasteiger partial charge is 0.332 e. The monoisotopic (exact) mass is 374 g/mol. The van der Waals surface area contributed by atoms with Crippen LogP contribution >= 0.6 is 0 Å². The van der Waals surface area contributed by atoms with E-state index in [1.807, 2.05) is 38.3 Å². The van der Waals surface area contributed by atoms with Gasteiger partial charge in [-0.2, -0.15) is 10.1 Å². The molecular formula is C18H26N6O3. The molecule has 0 radical (unpaired) electrons. The first-order chi connectivity index (χ1) is 12.9. The minimum absolute atomic E-state index is 0.131. The van der Waals surface area contributed by atoms with Crippen LogP contribution in [0.3, 0.4) is 0 Å². The molecule has 9 nitrogen and oxygen atoms in total. The van der Waals surface area contributed by atoms with E-state index in [1.165, 1.54) is 9.13 Å². The van der Waals surface area contributed by atoms with Gasteiger partial charge in [0.05, 0.1) is 24.9 Å². The van der Waals surface area contributed by atoms with Crippen molar-refractivity contribution in [3.63, 3.8) is 0 Å². The number of fused-ring (bicyclic) bond motifs is 3. The van der Waals surface area contributed by atoms with Crippen molar-refractivity contribution < 1.29 is 4.74 Å². The van der Waals surface area contributed by atoms with Crippen molar-refractivity contribution in [1.82, 2.24) is 18.7 Å². The molecule has 1 atom stereocenters. The van der Waals surface area contributed by atoms with Gasteiger partial charge in [-0.05, 0) is 27.7 Å². The standard InChI is InChI=1S/C18H26N6O3/c1-6-8-9-22-16(25)14-15(21(5)18(22)26)19-17-23(10-11-27-7-2)20-12(3)13(4)24(14)17/h6,8,13H,7,9-11H2,1-5H3/b8-6+. The Morgan fingerprint density at radius 2 is 2.04 bits per heavy atom. The fourth-order valence-electron chi connectivity index (χ4n) is 3.20. The second kappa shape index (κ2) is 7.51. The van der Waals surface area contributed by atoms with Crippen molar-refractivity contribution in [2.75, 3.05) is 24.8 Å². The lowest BCUT2D eigenvalue weighted by atomic mass is 10.2. The van der Waals surface area contributed by atoms with Crippen LogP contribution in [0.15, 0.2) is 26.8 Å². The molecule has 0 fully saturated rings. The van der Waals surface area contributed by atoms with Crippen molar-refractivity contribution in [3.05, 3.63) is 33.0 Å². The minimum atomic E-state index is -0.382. The Hall–Kier alpha value is -2.68. The number of nitrogens with zero attached hydrogens (tertiary/aromatic N) is 6. The highest BCUT2D eigenvalue weighted by molar-refractivity contribution is 5.91. The average molecular weight is 374 g/mol. The fraction of sp³-hybridized carbons (Fsp3) is 0.556. The van der Waals surface area contributed by atoms with Gasteiger partial charge in [-0.25, -0.2) is 9.80 Å². The Labute approximate surface area is 157 Å². The van der Waals surface area contributed by atoms with Crippen LogP contribution in [-0.2, 0) is 18.3 Å². The maximum atomic E-state index is 13.1. The highest BCUT2D eigenvalue weighted by Gasteiger charge is 2.30. The molecule has 0 aromatic carbocycles. The highest BCUT2D eigenvalue weighted by Crippen LogP contribution is 2.29. The Balaban J connectivity index is 2.25. The number of anilines is 1. The third-order valence-corrected chi connectivity index (χ3v) is 4.83. The van der Waals surface area contributed by atoms with Gasteiger partial charge < -0.3 is 4.74 Å². The van der Waals surface area contributed by atoms with Crippen LogP contribution in [0.25, 0.3) is 11.2 Å². The van der Waals surface area contributed by atoms with E-state index in [4.69, 9.17) is 4.74 Å². The summed E-state index contributed by atoms with van der Waals surface area (Å²) in [5, 5.41) is 6.35. The van der Waals surface area contributed by atoms with E-state index in [9.17, 15) is 9.59 Å². The van der Waals surface area contributed by atoms with Gasteiger partial charge in [0.25, 0.3) is 5.56 Å². The number of imidazole rings is 1. The average Bonchev–Trinajstić information content (AvgIpc) is 3.05. The summed E-state index contributed by atoms with van der Waals surface area (Å²) >= 11 is 0. The molecule has 0 spiro atoms. The Kier molecular flexibility index (Phi) is 5.31. The van der Waals surface area contributed by atoms with E-state index in [0.29, 0.717) is 36.9 Å². The van der Waals surface area contributed by atoms with Crippen molar-refractivity contribution >= 4 is 22.8 Å². The molecule has 0 bridgehead atoms. The Morgan fingerprint density at radius 1 is 1.30 bits per heavy atom. The first kappa shape index (κ1) is 19.1. The summed E-state index contributed by atoms with van der Waals surface area (Å²) in [5.74, 6) is 0.554. The van der Waals surface area contributed by atoms with E-state index in [0.717, 1.165) is 5.71 Å². The van der Waals surface area contributed by atoms with Gasteiger partial charge in [-0.3, -0.25) is 18.5 Å². The summed E-state index contributed by atoms with van der Waals surface area (Å²) < 4.78 is 9.97. The van der Waals surface area contributed by atoms with Gasteiger partial charge in [0.1, 0.15) is 0 Å². The molecule has 1 aliphatic rings. The van der Waals surface area contributed by atoms with Gasteiger partial charge in [-0.15, -0.1) is 0 Å². The van der Waals surface area contributed by atoms with Crippen LogP contribution in [0.5, 0.6) is 0 Å². The van der Waals surface area contributed by atoms with Crippen molar-refractivity contribution in [1.29, 1.82) is 0 Å². The molecule has 3 rings (SSSR count). The first-order valence-electron chi connectivity index (χ1n) is 9.15. The normalized spacial score (nSPS) is 17.0. The number of hydrogen-bond acceptors (Lipinski definition) is 6. The lowest BCUT2D eigenvalue weighted by Crippen LogP contribution is -2.40. The van der Waals surface area contributed by atoms with Crippen LogP contribution in [0.1, 0.15) is 33.7 Å². The molecule has 2 aromatic rings. The molecule has 0 saturated heterocycles. The first-order valence-corrected chi connectivity index (χ1v) is 9.15. The van der Waals surface area contributed by atoms with Crippen LogP contribution in [-0.4, -0.2) is 44.2 Å². The molecule has 0 N–H and O–H groups in total. The number of aromatic nitrogens is 4. The molecule has 0 amide bonds. The summed E-state index contributed by atoms with van der Waals surface area (Å²) in [6, 6.07) is -0.131. The summed E-state index contributed by atoms with van der Waals surface area (Å²) in [6.45, 7) is 9.55. The fourth-order valence-corrected chi connectivity index (χ4v) is 3.20. The maximum Gasteiger partial charge on any atom is 0.332 e.